The maximum absolute atomic E-state index is 12.7. The number of aliphatic hydroxyl groups excluding tert-OH is 1. The standard InChI is InChI=1S/C42H44N4O6S/c43-36-11-3-4-12-37(36)45-40(49)14-6-5-13-39(48)44-26-33-9-1-2-10-35(33)30-20-22-32(23-21-30)42-51-34(28-53-41-15-7-8-24-46(41)50)25-38(52-42)31-18-16-29(27-47)17-19-31/h1-4,7-12,15-24,34,38,42,47H,5-6,13-14,25-28,43H2,(H,44,48)(H,45,49). The summed E-state index contributed by atoms with van der Waals surface area (Å²) in [5, 5.41) is 28.3. The van der Waals surface area contributed by atoms with E-state index in [9.17, 15) is 19.9 Å². The summed E-state index contributed by atoms with van der Waals surface area (Å²) in [5.41, 5.74) is 12.7. The second-order valence-electron chi connectivity index (χ2n) is 12.9. The zero-order chi connectivity index (χ0) is 37.0. The number of amides is 2. The Morgan fingerprint density at radius 2 is 1.53 bits per heavy atom. The molecule has 0 bridgehead atoms. The molecule has 2 amide bonds. The minimum Gasteiger partial charge on any atom is -0.618 e. The molecule has 1 saturated heterocycles. The number of nitrogen functional groups attached to an aromatic ring is 1. The summed E-state index contributed by atoms with van der Waals surface area (Å²) in [5.74, 6) is 0.381. The number of hydrogen-bond acceptors (Lipinski definition) is 8. The SMILES string of the molecule is Nc1ccccc1NC(=O)CCCCC(=O)NCc1ccccc1-c1ccc(C2OC(CSc3cccc[n+]3[O-])CC(c3ccc(CO)cc3)O2)cc1. The van der Waals surface area contributed by atoms with Gasteiger partial charge in [-0.25, -0.2) is 0 Å². The third-order valence-corrected chi connectivity index (χ3v) is 10.3. The first-order valence-electron chi connectivity index (χ1n) is 17.8. The number of thioether (sulfide) groups is 1. The average molecular weight is 733 g/mol. The number of aliphatic hydroxyl groups is 1. The van der Waals surface area contributed by atoms with Crippen molar-refractivity contribution < 1.29 is 28.9 Å². The minimum absolute atomic E-state index is 0.0289. The number of aromatic nitrogens is 1. The Labute approximate surface area is 313 Å². The van der Waals surface area contributed by atoms with Gasteiger partial charge in [0.15, 0.2) is 12.5 Å². The summed E-state index contributed by atoms with van der Waals surface area (Å²) in [6.45, 7) is 0.346. The molecule has 5 N–H and O–H groups in total. The lowest BCUT2D eigenvalue weighted by atomic mass is 9.97. The van der Waals surface area contributed by atoms with Crippen LogP contribution < -0.4 is 21.1 Å². The number of carbonyl (C=O) groups is 2. The van der Waals surface area contributed by atoms with Crippen LogP contribution in [0.1, 0.15) is 66.8 Å². The molecule has 1 aliphatic heterocycles. The Bertz CT molecular complexity index is 1970. The fourth-order valence-electron chi connectivity index (χ4n) is 6.18. The van der Waals surface area contributed by atoms with Gasteiger partial charge in [0.2, 0.25) is 11.8 Å². The molecule has 3 atom stereocenters. The molecule has 274 valence electrons. The first kappa shape index (κ1) is 37.6. The monoisotopic (exact) mass is 732 g/mol. The molecule has 1 aliphatic rings. The molecule has 0 radical (unpaired) electrons. The summed E-state index contributed by atoms with van der Waals surface area (Å²) in [4.78, 5) is 25.0. The van der Waals surface area contributed by atoms with Gasteiger partial charge in [0.05, 0.1) is 30.2 Å². The third kappa shape index (κ3) is 10.5. The first-order chi connectivity index (χ1) is 25.9. The van der Waals surface area contributed by atoms with E-state index in [4.69, 9.17) is 15.2 Å². The van der Waals surface area contributed by atoms with Gasteiger partial charge in [-0.1, -0.05) is 96.7 Å². The molecule has 0 saturated carbocycles. The van der Waals surface area contributed by atoms with Crippen LogP contribution in [0.25, 0.3) is 11.1 Å². The van der Waals surface area contributed by atoms with Crippen LogP contribution in [-0.4, -0.2) is 28.8 Å². The molecule has 3 unspecified atom stereocenters. The number of para-hydroxylation sites is 2. The zero-order valence-electron chi connectivity index (χ0n) is 29.4. The minimum atomic E-state index is -0.627. The summed E-state index contributed by atoms with van der Waals surface area (Å²) in [6.07, 6.45) is 2.88. The van der Waals surface area contributed by atoms with Gasteiger partial charge in [-0.15, -0.1) is 0 Å². The number of ether oxygens (including phenoxy) is 2. The van der Waals surface area contributed by atoms with Crippen LogP contribution >= 0.6 is 11.8 Å². The number of nitrogens with one attached hydrogen (secondary N) is 2. The van der Waals surface area contributed by atoms with Crippen LogP contribution in [0.3, 0.4) is 0 Å². The Hall–Kier alpha value is -5.20. The summed E-state index contributed by atoms with van der Waals surface area (Å²) < 4.78 is 13.9. The molecule has 0 spiro atoms. The molecular weight excluding hydrogens is 689 g/mol. The number of nitrogens with zero attached hydrogens (tertiary/aromatic N) is 1. The van der Waals surface area contributed by atoms with Gasteiger partial charge in [0, 0.05) is 49.3 Å². The van der Waals surface area contributed by atoms with E-state index in [2.05, 4.69) is 10.6 Å². The van der Waals surface area contributed by atoms with Crippen LogP contribution in [0.2, 0.25) is 0 Å². The zero-order valence-corrected chi connectivity index (χ0v) is 30.2. The van der Waals surface area contributed by atoms with Crippen molar-refractivity contribution in [2.24, 2.45) is 0 Å². The largest absolute Gasteiger partial charge is 0.618 e. The van der Waals surface area contributed by atoms with E-state index in [1.54, 1.807) is 24.3 Å². The van der Waals surface area contributed by atoms with E-state index >= 15 is 0 Å². The van der Waals surface area contributed by atoms with Crippen LogP contribution in [0.5, 0.6) is 0 Å². The van der Waals surface area contributed by atoms with E-state index in [1.807, 2.05) is 91.0 Å². The molecule has 1 aromatic heterocycles. The highest BCUT2D eigenvalue weighted by Gasteiger charge is 2.32. The number of nitrogens with two attached hydrogens (primary N) is 1. The predicted octanol–water partition coefficient (Wildman–Crippen LogP) is 7.21. The number of rotatable bonds is 15. The van der Waals surface area contributed by atoms with Gasteiger partial charge in [-0.05, 0) is 58.9 Å². The highest BCUT2D eigenvalue weighted by Crippen LogP contribution is 2.40. The lowest BCUT2D eigenvalue weighted by molar-refractivity contribution is -0.645. The highest BCUT2D eigenvalue weighted by atomic mass is 32.2. The Morgan fingerprint density at radius 3 is 2.28 bits per heavy atom. The molecular formula is C42H44N4O6S. The molecule has 11 heteroatoms. The molecule has 2 heterocycles. The van der Waals surface area contributed by atoms with E-state index < -0.39 is 6.29 Å². The van der Waals surface area contributed by atoms with Gasteiger partial charge >= 0.3 is 0 Å². The van der Waals surface area contributed by atoms with Gasteiger partial charge in [-0.2, -0.15) is 4.73 Å². The molecule has 1 fully saturated rings. The molecule has 6 rings (SSSR count). The quantitative estimate of drug-likeness (QED) is 0.0290. The van der Waals surface area contributed by atoms with Gasteiger partial charge < -0.3 is 36.2 Å². The fraction of sp³-hybridized carbons (Fsp3) is 0.262. The molecule has 10 nitrogen and oxygen atoms in total. The van der Waals surface area contributed by atoms with Crippen molar-refractivity contribution in [3.05, 3.63) is 149 Å². The van der Waals surface area contributed by atoms with Crippen molar-refractivity contribution in [1.82, 2.24) is 5.32 Å². The van der Waals surface area contributed by atoms with Crippen molar-refractivity contribution in [2.45, 2.75) is 68.8 Å². The van der Waals surface area contributed by atoms with E-state index in [-0.39, 0.29) is 30.6 Å². The first-order valence-corrected chi connectivity index (χ1v) is 18.8. The number of benzene rings is 4. The van der Waals surface area contributed by atoms with Crippen LogP contribution in [-0.2, 0) is 32.2 Å². The van der Waals surface area contributed by atoms with Gasteiger partial charge in [0.25, 0.3) is 5.03 Å². The van der Waals surface area contributed by atoms with Gasteiger partial charge in [-0.3, -0.25) is 9.59 Å². The highest BCUT2D eigenvalue weighted by molar-refractivity contribution is 7.99. The van der Waals surface area contributed by atoms with Crippen molar-refractivity contribution in [3.63, 3.8) is 0 Å². The predicted molar refractivity (Wildman–Crippen MR) is 206 cm³/mol. The van der Waals surface area contributed by atoms with E-state index in [0.717, 1.165) is 38.1 Å². The fourth-order valence-corrected chi connectivity index (χ4v) is 7.11. The number of hydrogen-bond donors (Lipinski definition) is 4. The lowest BCUT2D eigenvalue weighted by Crippen LogP contribution is -2.32. The Morgan fingerprint density at radius 1 is 0.830 bits per heavy atom. The number of pyridine rings is 1. The number of unbranched alkanes of at least 4 members (excludes halogenated alkanes) is 1. The van der Waals surface area contributed by atoms with Crippen molar-refractivity contribution >= 4 is 35.0 Å². The summed E-state index contributed by atoms with van der Waals surface area (Å²) >= 11 is 1.46. The van der Waals surface area contributed by atoms with Crippen LogP contribution in [0, 0.1) is 5.21 Å². The summed E-state index contributed by atoms with van der Waals surface area (Å²) in [7, 11) is 0. The Kier molecular flexibility index (Phi) is 13.1. The van der Waals surface area contributed by atoms with E-state index in [1.165, 1.54) is 18.0 Å². The lowest BCUT2D eigenvalue weighted by Gasteiger charge is -2.36. The maximum atomic E-state index is 12.7. The topological polar surface area (TPSA) is 150 Å². The summed E-state index contributed by atoms with van der Waals surface area (Å²) in [6, 6.07) is 36.3. The molecule has 0 aliphatic carbocycles. The Balaban J connectivity index is 1.05. The molecule has 53 heavy (non-hydrogen) atoms. The van der Waals surface area contributed by atoms with Crippen molar-refractivity contribution in [1.29, 1.82) is 0 Å². The smallest absolute Gasteiger partial charge is 0.251 e. The van der Waals surface area contributed by atoms with Crippen molar-refractivity contribution in [3.8, 4) is 11.1 Å². The number of carbonyl (C=O) groups excluding carboxylic acids is 2. The van der Waals surface area contributed by atoms with Crippen LogP contribution in [0.15, 0.2) is 126 Å². The second kappa shape index (κ2) is 18.5. The van der Waals surface area contributed by atoms with Crippen molar-refractivity contribution in [2.75, 3.05) is 16.8 Å². The third-order valence-electron chi connectivity index (χ3n) is 9.10. The normalized spacial score (nSPS) is 16.9. The van der Waals surface area contributed by atoms with Gasteiger partial charge in [0.1, 0.15) is 0 Å². The maximum Gasteiger partial charge on any atom is 0.251 e. The average Bonchev–Trinajstić information content (AvgIpc) is 3.19. The second-order valence-corrected chi connectivity index (χ2v) is 14.0. The number of anilines is 2. The van der Waals surface area contributed by atoms with E-state index in [0.29, 0.717) is 60.8 Å². The van der Waals surface area contributed by atoms with Crippen LogP contribution in [0.4, 0.5) is 11.4 Å². The molecule has 5 aromatic rings. The molecule has 4 aromatic carbocycles.